The number of methoxy groups -OCH3 is 1. The van der Waals surface area contributed by atoms with Crippen LogP contribution in [0.15, 0.2) is 72.4 Å². The number of nitrogens with zero attached hydrogens (tertiary/aromatic N) is 1. The van der Waals surface area contributed by atoms with Crippen LogP contribution < -0.4 is 19.7 Å². The van der Waals surface area contributed by atoms with Crippen molar-refractivity contribution in [3.63, 3.8) is 0 Å². The van der Waals surface area contributed by atoms with Gasteiger partial charge in [0.15, 0.2) is 5.78 Å². The smallest absolute Gasteiger partial charge is 0.264 e. The first-order valence-electron chi connectivity index (χ1n) is 10.0. The largest absolute Gasteiger partial charge is 0.497 e. The number of halogens is 1. The molecule has 0 aromatic heterocycles. The summed E-state index contributed by atoms with van der Waals surface area (Å²) in [6.45, 7) is 1.91. The molecule has 0 fully saturated rings. The second-order valence-corrected chi connectivity index (χ2v) is 8.05. The molecule has 2 heterocycles. The molecule has 0 spiro atoms. The van der Waals surface area contributed by atoms with Gasteiger partial charge in [-0.15, -0.1) is 0 Å². The van der Waals surface area contributed by atoms with Crippen molar-refractivity contribution in [2.24, 2.45) is 0 Å². The Hall–Kier alpha value is -3.77. The number of fused-ring (bicyclic) bond motifs is 3. The first kappa shape index (κ1) is 20.2. The Labute approximate surface area is 190 Å². The quantitative estimate of drug-likeness (QED) is 0.585. The Bertz CT molecular complexity index is 1280. The number of carbonyl (C=O) groups is 2. The number of carbonyl (C=O) groups excluding carboxylic acids is 2. The second-order valence-electron chi connectivity index (χ2n) is 7.62. The highest BCUT2D eigenvalue weighted by atomic mass is 35.5. The Kier molecular flexibility index (Phi) is 4.87. The molecule has 160 valence electrons. The van der Waals surface area contributed by atoms with E-state index in [9.17, 15) is 9.59 Å². The lowest BCUT2D eigenvalue weighted by Gasteiger charge is -2.33. The molecule has 3 aromatic carbocycles. The minimum absolute atomic E-state index is 0.204. The van der Waals surface area contributed by atoms with Crippen LogP contribution in [0.2, 0.25) is 5.02 Å². The highest BCUT2D eigenvalue weighted by Gasteiger charge is 2.36. The van der Waals surface area contributed by atoms with Crippen LogP contribution in [0.4, 0.5) is 11.4 Å². The molecular weight excluding hydrogens is 428 g/mol. The van der Waals surface area contributed by atoms with Crippen LogP contribution in [0.3, 0.4) is 0 Å². The maximum atomic E-state index is 13.6. The van der Waals surface area contributed by atoms with Gasteiger partial charge in [0, 0.05) is 16.9 Å². The van der Waals surface area contributed by atoms with Gasteiger partial charge in [-0.2, -0.15) is 0 Å². The van der Waals surface area contributed by atoms with Gasteiger partial charge in [-0.25, -0.2) is 0 Å². The number of nitrogens with one attached hydrogen (secondary N) is 1. The average molecular weight is 447 g/mol. The van der Waals surface area contributed by atoms with Gasteiger partial charge in [-0.05, 0) is 61.5 Å². The third kappa shape index (κ3) is 3.39. The lowest BCUT2D eigenvalue weighted by atomic mass is 9.96. The number of benzene rings is 3. The zero-order chi connectivity index (χ0) is 22.4. The van der Waals surface area contributed by atoms with E-state index >= 15 is 0 Å². The van der Waals surface area contributed by atoms with Gasteiger partial charge in [0.25, 0.3) is 5.91 Å². The standard InChI is InChI=1S/C25H19ClN2O4/c1-14-3-10-22-19(11-14)23(29)20-13-28(16-5-7-17(31-2)8-6-16)25(30)18-9-4-15(26)12-21(18)27-24(20)32-22/h3-13,24,27H,1-2H3/b20-13-. The van der Waals surface area contributed by atoms with Crippen LogP contribution in [0, 0.1) is 6.92 Å². The normalized spacial score (nSPS) is 18.7. The summed E-state index contributed by atoms with van der Waals surface area (Å²) in [7, 11) is 1.58. The third-order valence-corrected chi connectivity index (χ3v) is 5.74. The highest BCUT2D eigenvalue weighted by Crippen LogP contribution is 2.36. The number of ether oxygens (including phenoxy) is 2. The predicted octanol–water partition coefficient (Wildman–Crippen LogP) is 5.21. The molecule has 1 atom stereocenters. The van der Waals surface area contributed by atoms with Crippen LogP contribution in [0.1, 0.15) is 26.3 Å². The van der Waals surface area contributed by atoms with E-state index in [-0.39, 0.29) is 11.7 Å². The van der Waals surface area contributed by atoms with E-state index in [1.54, 1.807) is 67.9 Å². The number of ketones is 1. The van der Waals surface area contributed by atoms with Crippen molar-refractivity contribution in [3.8, 4) is 11.5 Å². The van der Waals surface area contributed by atoms with Crippen LogP contribution in [0.25, 0.3) is 0 Å². The Morgan fingerprint density at radius 1 is 1.00 bits per heavy atom. The Morgan fingerprint density at radius 3 is 2.53 bits per heavy atom. The number of aryl methyl sites for hydroxylation is 1. The summed E-state index contributed by atoms with van der Waals surface area (Å²) in [6, 6.07) is 17.5. The van der Waals surface area contributed by atoms with Gasteiger partial charge in [0.1, 0.15) is 11.5 Å². The van der Waals surface area contributed by atoms with Gasteiger partial charge in [0.2, 0.25) is 6.23 Å². The fourth-order valence-electron chi connectivity index (χ4n) is 3.85. The molecule has 1 unspecified atom stereocenters. The first-order valence-corrected chi connectivity index (χ1v) is 10.4. The number of anilines is 2. The van der Waals surface area contributed by atoms with E-state index in [4.69, 9.17) is 21.1 Å². The Morgan fingerprint density at radius 2 is 1.78 bits per heavy atom. The van der Waals surface area contributed by atoms with Crippen LogP contribution in [0.5, 0.6) is 11.5 Å². The maximum absolute atomic E-state index is 13.6. The van der Waals surface area contributed by atoms with Crippen molar-refractivity contribution in [3.05, 3.63) is 94.1 Å². The maximum Gasteiger partial charge on any atom is 0.264 e. The van der Waals surface area contributed by atoms with Crippen molar-refractivity contribution in [2.45, 2.75) is 13.2 Å². The molecule has 1 N–H and O–H groups in total. The molecule has 1 amide bonds. The van der Waals surface area contributed by atoms with E-state index in [1.165, 1.54) is 4.90 Å². The summed E-state index contributed by atoms with van der Waals surface area (Å²) in [6.07, 6.45) is 0.760. The van der Waals surface area contributed by atoms with Gasteiger partial charge in [0.05, 0.1) is 29.5 Å². The molecule has 0 aliphatic carbocycles. The number of rotatable bonds is 2. The van der Waals surface area contributed by atoms with Gasteiger partial charge >= 0.3 is 0 Å². The first-order chi connectivity index (χ1) is 15.4. The number of amides is 1. The highest BCUT2D eigenvalue weighted by molar-refractivity contribution is 6.31. The summed E-state index contributed by atoms with van der Waals surface area (Å²) in [5.41, 5.74) is 3.21. The summed E-state index contributed by atoms with van der Waals surface area (Å²) in [4.78, 5) is 28.5. The van der Waals surface area contributed by atoms with Crippen molar-refractivity contribution >= 4 is 34.7 Å². The van der Waals surface area contributed by atoms with Gasteiger partial charge in [-0.1, -0.05) is 23.2 Å². The van der Waals surface area contributed by atoms with Crippen molar-refractivity contribution in [1.82, 2.24) is 0 Å². The Balaban J connectivity index is 1.70. The molecule has 0 bridgehead atoms. The van der Waals surface area contributed by atoms with E-state index in [1.807, 2.05) is 13.0 Å². The molecule has 2 aliphatic heterocycles. The zero-order valence-corrected chi connectivity index (χ0v) is 18.1. The lowest BCUT2D eigenvalue weighted by molar-refractivity contribution is 0.0969. The monoisotopic (exact) mass is 446 g/mol. The third-order valence-electron chi connectivity index (χ3n) is 5.51. The van der Waals surface area contributed by atoms with Gasteiger partial charge < -0.3 is 14.8 Å². The molecule has 5 rings (SSSR count). The summed E-state index contributed by atoms with van der Waals surface area (Å²) in [5, 5.41) is 3.65. The molecule has 0 radical (unpaired) electrons. The van der Waals surface area contributed by atoms with E-state index in [2.05, 4.69) is 5.32 Å². The summed E-state index contributed by atoms with van der Waals surface area (Å²) < 4.78 is 11.4. The van der Waals surface area contributed by atoms with E-state index < -0.39 is 6.23 Å². The molecular formula is C25H19ClN2O4. The molecule has 6 nitrogen and oxygen atoms in total. The van der Waals surface area contributed by atoms with Crippen LogP contribution >= 0.6 is 11.6 Å². The van der Waals surface area contributed by atoms with E-state index in [0.717, 1.165) is 5.56 Å². The van der Waals surface area contributed by atoms with Crippen LogP contribution in [-0.2, 0) is 0 Å². The lowest BCUT2D eigenvalue weighted by Crippen LogP contribution is -2.41. The molecule has 0 saturated heterocycles. The van der Waals surface area contributed by atoms with Gasteiger partial charge in [-0.3, -0.25) is 14.5 Å². The van der Waals surface area contributed by atoms with E-state index in [0.29, 0.717) is 44.6 Å². The van der Waals surface area contributed by atoms with Crippen molar-refractivity contribution in [1.29, 1.82) is 0 Å². The molecule has 0 saturated carbocycles. The number of hydrogen-bond acceptors (Lipinski definition) is 5. The number of hydrogen-bond donors (Lipinski definition) is 1. The van der Waals surface area contributed by atoms with Crippen molar-refractivity contribution < 1.29 is 19.1 Å². The topological polar surface area (TPSA) is 67.9 Å². The predicted molar refractivity (Wildman–Crippen MR) is 123 cm³/mol. The van der Waals surface area contributed by atoms with Crippen molar-refractivity contribution in [2.75, 3.05) is 17.3 Å². The summed E-state index contributed by atoms with van der Waals surface area (Å²) in [5.74, 6) is 0.642. The second kappa shape index (κ2) is 7.73. The fourth-order valence-corrected chi connectivity index (χ4v) is 4.02. The number of Topliss-reactive ketones (excluding diaryl/α,β-unsaturated/α-hetero) is 1. The fraction of sp³-hybridized carbons (Fsp3) is 0.120. The SMILES string of the molecule is COc1ccc(N2/C=C3/C(=O)c4cc(C)ccc4OC3Nc3cc(Cl)ccc3C2=O)cc1. The van der Waals surface area contributed by atoms with Crippen LogP contribution in [-0.4, -0.2) is 25.0 Å². The molecule has 3 aromatic rings. The molecule has 32 heavy (non-hydrogen) atoms. The molecule has 7 heteroatoms. The molecule has 2 aliphatic rings. The summed E-state index contributed by atoms with van der Waals surface area (Å²) >= 11 is 6.21. The minimum atomic E-state index is -0.788. The minimum Gasteiger partial charge on any atom is -0.497 e. The zero-order valence-electron chi connectivity index (χ0n) is 17.4. The average Bonchev–Trinajstić information content (AvgIpc) is 2.78.